The van der Waals surface area contributed by atoms with Crippen molar-refractivity contribution in [2.75, 3.05) is 13.7 Å². The maximum atomic E-state index is 14.1. The van der Waals surface area contributed by atoms with Crippen LogP contribution < -0.4 is 4.72 Å². The van der Waals surface area contributed by atoms with Gasteiger partial charge in [-0.2, -0.15) is 0 Å². The minimum Gasteiger partial charge on any atom is -0.478 e. The lowest BCUT2D eigenvalue weighted by atomic mass is 9.80. The van der Waals surface area contributed by atoms with Crippen LogP contribution in [0.1, 0.15) is 35.2 Å². The van der Waals surface area contributed by atoms with E-state index in [2.05, 4.69) is 4.72 Å². The summed E-state index contributed by atoms with van der Waals surface area (Å²) in [6.07, 6.45) is 2.66. The minimum absolute atomic E-state index is 0.180. The lowest BCUT2D eigenvalue weighted by molar-refractivity contribution is -0.000911. The molecule has 1 fully saturated rings. The van der Waals surface area contributed by atoms with E-state index < -0.39 is 32.3 Å². The van der Waals surface area contributed by atoms with Gasteiger partial charge in [-0.1, -0.05) is 0 Å². The van der Waals surface area contributed by atoms with Crippen LogP contribution in [-0.2, 0) is 14.8 Å². The van der Waals surface area contributed by atoms with Gasteiger partial charge in [-0.25, -0.2) is 22.3 Å². The Morgan fingerprint density at radius 3 is 2.65 bits per heavy atom. The van der Waals surface area contributed by atoms with Crippen LogP contribution in [0.5, 0.6) is 0 Å². The molecule has 128 valence electrons. The van der Waals surface area contributed by atoms with E-state index in [0.717, 1.165) is 25.0 Å². The summed E-state index contributed by atoms with van der Waals surface area (Å²) >= 11 is 0. The van der Waals surface area contributed by atoms with Crippen LogP contribution >= 0.6 is 0 Å². The summed E-state index contributed by atoms with van der Waals surface area (Å²) in [5.74, 6) is -2.35. The molecule has 0 aliphatic heterocycles. The van der Waals surface area contributed by atoms with Crippen LogP contribution in [-0.4, -0.2) is 39.3 Å². The summed E-state index contributed by atoms with van der Waals surface area (Å²) in [4.78, 5) is 10.4. The van der Waals surface area contributed by atoms with Crippen molar-refractivity contribution >= 4 is 16.0 Å². The fourth-order valence-corrected chi connectivity index (χ4v) is 3.89. The monoisotopic (exact) mass is 345 g/mol. The van der Waals surface area contributed by atoms with Crippen LogP contribution in [0.25, 0.3) is 0 Å². The van der Waals surface area contributed by atoms with Crippen molar-refractivity contribution < 1.29 is 27.4 Å². The molecule has 0 atom stereocenters. The van der Waals surface area contributed by atoms with E-state index in [0.29, 0.717) is 17.9 Å². The number of hydrogen-bond acceptors (Lipinski definition) is 4. The van der Waals surface area contributed by atoms with Gasteiger partial charge in [0.25, 0.3) is 0 Å². The van der Waals surface area contributed by atoms with E-state index in [1.807, 2.05) is 0 Å². The van der Waals surface area contributed by atoms with Gasteiger partial charge in [0.1, 0.15) is 4.90 Å². The Morgan fingerprint density at radius 2 is 2.09 bits per heavy atom. The smallest absolute Gasteiger partial charge is 0.338 e. The second-order valence-electron chi connectivity index (χ2n) is 5.81. The van der Waals surface area contributed by atoms with Gasteiger partial charge in [0, 0.05) is 13.7 Å². The molecule has 0 saturated heterocycles. The number of aromatic carboxylic acids is 1. The first-order chi connectivity index (χ1) is 10.7. The van der Waals surface area contributed by atoms with Gasteiger partial charge in [0.05, 0.1) is 11.7 Å². The van der Waals surface area contributed by atoms with Crippen LogP contribution in [0.15, 0.2) is 17.0 Å². The lowest BCUT2D eigenvalue weighted by Gasteiger charge is -2.34. The Hall–Kier alpha value is -1.51. The van der Waals surface area contributed by atoms with Crippen LogP contribution in [0.2, 0.25) is 0 Å². The third-order valence-electron chi connectivity index (χ3n) is 4.07. The first-order valence-electron chi connectivity index (χ1n) is 7.30. The number of rotatable bonds is 7. The molecule has 23 heavy (non-hydrogen) atoms. The predicted molar refractivity (Wildman–Crippen MR) is 81.4 cm³/mol. The van der Waals surface area contributed by atoms with Crippen LogP contribution in [0, 0.1) is 18.7 Å². The van der Waals surface area contributed by atoms with Crippen molar-refractivity contribution in [3.63, 3.8) is 0 Å². The number of sulfonamides is 1. The number of halogens is 1. The van der Waals surface area contributed by atoms with Gasteiger partial charge in [-0.05, 0) is 49.8 Å². The van der Waals surface area contributed by atoms with E-state index >= 15 is 0 Å². The highest BCUT2D eigenvalue weighted by atomic mass is 32.2. The third-order valence-corrected chi connectivity index (χ3v) is 5.53. The number of carboxylic acids is 1. The van der Waals surface area contributed by atoms with E-state index in [1.54, 1.807) is 7.11 Å². The van der Waals surface area contributed by atoms with Gasteiger partial charge in [-0.3, -0.25) is 0 Å². The molecule has 2 N–H and O–H groups in total. The summed E-state index contributed by atoms with van der Waals surface area (Å²) in [7, 11) is -2.44. The van der Waals surface area contributed by atoms with Gasteiger partial charge in [0.2, 0.25) is 10.0 Å². The maximum absolute atomic E-state index is 14.1. The average Bonchev–Trinajstić information content (AvgIpc) is 2.43. The van der Waals surface area contributed by atoms with Gasteiger partial charge in [-0.15, -0.1) is 0 Å². The molecular weight excluding hydrogens is 325 g/mol. The van der Waals surface area contributed by atoms with Gasteiger partial charge >= 0.3 is 5.97 Å². The van der Waals surface area contributed by atoms with E-state index in [-0.39, 0.29) is 12.6 Å². The molecule has 0 spiro atoms. The number of hydrogen-bond donors (Lipinski definition) is 2. The molecule has 0 radical (unpaired) electrons. The van der Waals surface area contributed by atoms with Crippen LogP contribution in [0.3, 0.4) is 0 Å². The number of carboxylic acid groups (broad SMARTS) is 1. The normalized spacial score (nSPS) is 21.0. The Balaban J connectivity index is 2.06. The highest BCUT2D eigenvalue weighted by molar-refractivity contribution is 7.89. The largest absolute Gasteiger partial charge is 0.478 e. The zero-order chi connectivity index (χ0) is 17.2. The topological polar surface area (TPSA) is 92.7 Å². The van der Waals surface area contributed by atoms with E-state index in [4.69, 9.17) is 9.84 Å². The third kappa shape index (κ3) is 4.07. The molecule has 0 bridgehead atoms. The summed E-state index contributed by atoms with van der Waals surface area (Å²) in [5.41, 5.74) is -0.279. The summed E-state index contributed by atoms with van der Waals surface area (Å²) in [6, 6.07) is 2.24. The fourth-order valence-electron chi connectivity index (χ4n) is 2.66. The average molecular weight is 345 g/mol. The maximum Gasteiger partial charge on any atom is 0.338 e. The second kappa shape index (κ2) is 6.94. The molecule has 1 aromatic rings. The summed E-state index contributed by atoms with van der Waals surface area (Å²) in [6.45, 7) is 1.70. The Labute approximate surface area is 134 Å². The van der Waals surface area contributed by atoms with Crippen molar-refractivity contribution in [1.82, 2.24) is 4.72 Å². The fraction of sp³-hybridized carbons (Fsp3) is 0.533. The quantitative estimate of drug-likeness (QED) is 0.788. The van der Waals surface area contributed by atoms with Gasteiger partial charge in [0.15, 0.2) is 5.82 Å². The number of nitrogens with one attached hydrogen (secondary N) is 1. The lowest BCUT2D eigenvalue weighted by Crippen LogP contribution is -2.34. The number of benzene rings is 1. The van der Waals surface area contributed by atoms with E-state index in [1.165, 1.54) is 6.92 Å². The molecule has 0 aromatic heterocycles. The highest BCUT2D eigenvalue weighted by Crippen LogP contribution is 2.32. The molecule has 6 nitrogen and oxygen atoms in total. The number of methoxy groups -OCH3 is 1. The molecule has 0 amide bonds. The van der Waals surface area contributed by atoms with E-state index in [9.17, 15) is 17.6 Å². The first-order valence-corrected chi connectivity index (χ1v) is 8.78. The standard InChI is InChI=1S/C15H20FNO5S/c1-9-5-12(15(18)19)14(16)13(6-9)23(20,21)17-4-3-10-7-11(8-10)22-2/h5-6,10-11,17H,3-4,7-8H2,1-2H3,(H,18,19). The van der Waals surface area contributed by atoms with Crippen molar-refractivity contribution in [3.8, 4) is 0 Å². The predicted octanol–water partition coefficient (Wildman–Crippen LogP) is 1.93. The van der Waals surface area contributed by atoms with Crippen molar-refractivity contribution in [3.05, 3.63) is 29.1 Å². The Kier molecular flexibility index (Phi) is 5.38. The molecular formula is C15H20FNO5S. The van der Waals surface area contributed by atoms with Gasteiger partial charge < -0.3 is 9.84 Å². The Morgan fingerprint density at radius 1 is 1.43 bits per heavy atom. The SMILES string of the molecule is COC1CC(CCNS(=O)(=O)c2cc(C)cc(C(=O)O)c2F)C1. The molecule has 1 aliphatic rings. The zero-order valence-electron chi connectivity index (χ0n) is 13.0. The van der Waals surface area contributed by atoms with Crippen molar-refractivity contribution in [2.45, 2.75) is 37.2 Å². The molecule has 1 aliphatic carbocycles. The van der Waals surface area contributed by atoms with Crippen molar-refractivity contribution in [2.24, 2.45) is 5.92 Å². The first kappa shape index (κ1) is 17.8. The Bertz CT molecular complexity index is 698. The number of aryl methyl sites for hydroxylation is 1. The summed E-state index contributed by atoms with van der Waals surface area (Å²) < 4.78 is 46.1. The number of ether oxygens (including phenoxy) is 1. The second-order valence-corrected chi connectivity index (χ2v) is 7.55. The summed E-state index contributed by atoms with van der Waals surface area (Å²) in [5, 5.41) is 8.95. The molecule has 0 unspecified atom stereocenters. The molecule has 0 heterocycles. The molecule has 1 aromatic carbocycles. The molecule has 1 saturated carbocycles. The highest BCUT2D eigenvalue weighted by Gasteiger charge is 2.29. The van der Waals surface area contributed by atoms with Crippen LogP contribution in [0.4, 0.5) is 4.39 Å². The van der Waals surface area contributed by atoms with Crippen molar-refractivity contribution in [1.29, 1.82) is 0 Å². The number of carbonyl (C=O) groups is 1. The molecule has 2 rings (SSSR count). The minimum atomic E-state index is -4.09. The zero-order valence-corrected chi connectivity index (χ0v) is 13.8. The molecule has 8 heteroatoms.